The summed E-state index contributed by atoms with van der Waals surface area (Å²) in [5.74, 6) is -3.30. The van der Waals surface area contributed by atoms with Gasteiger partial charge in [0.25, 0.3) is 0 Å². The van der Waals surface area contributed by atoms with E-state index in [4.69, 9.17) is 9.84 Å². The van der Waals surface area contributed by atoms with Crippen LogP contribution in [0, 0.1) is 11.6 Å². The number of ether oxygens (including phenoxy) is 1. The first-order chi connectivity index (χ1) is 8.58. The molecule has 1 aliphatic heterocycles. The van der Waals surface area contributed by atoms with Crippen LogP contribution in [0.1, 0.15) is 23.2 Å². The summed E-state index contributed by atoms with van der Waals surface area (Å²) in [5.41, 5.74) is -0.556. The zero-order valence-electron chi connectivity index (χ0n) is 9.58. The number of halogens is 2. The normalized spacial score (nSPS) is 19.6. The number of hydrogen-bond donors (Lipinski definition) is 2. The molecule has 0 spiro atoms. The van der Waals surface area contributed by atoms with Crippen LogP contribution in [0.5, 0.6) is 0 Å². The second-order valence-corrected chi connectivity index (χ2v) is 4.18. The molecular weight excluding hydrogens is 244 g/mol. The summed E-state index contributed by atoms with van der Waals surface area (Å²) in [6.45, 7) is 1.10. The second kappa shape index (κ2) is 5.30. The van der Waals surface area contributed by atoms with Gasteiger partial charge in [-0.15, -0.1) is 0 Å². The molecule has 0 aromatic heterocycles. The van der Waals surface area contributed by atoms with Crippen LogP contribution in [0.25, 0.3) is 0 Å². The summed E-state index contributed by atoms with van der Waals surface area (Å²) in [5, 5.41) is 11.6. The number of carboxylic acid groups (broad SMARTS) is 1. The van der Waals surface area contributed by atoms with Gasteiger partial charge in [0.2, 0.25) is 0 Å². The van der Waals surface area contributed by atoms with E-state index in [1.807, 2.05) is 0 Å². The lowest BCUT2D eigenvalue weighted by atomic mass is 10.1. The maximum atomic E-state index is 13.5. The van der Waals surface area contributed by atoms with Crippen molar-refractivity contribution in [2.45, 2.75) is 18.9 Å². The van der Waals surface area contributed by atoms with Crippen LogP contribution < -0.4 is 5.32 Å². The maximum Gasteiger partial charge on any atom is 0.338 e. The van der Waals surface area contributed by atoms with Crippen LogP contribution in [0.4, 0.5) is 14.5 Å². The van der Waals surface area contributed by atoms with Crippen molar-refractivity contribution < 1.29 is 23.4 Å². The molecule has 4 nitrogen and oxygen atoms in total. The quantitative estimate of drug-likeness (QED) is 0.872. The minimum atomic E-state index is -1.42. The minimum Gasteiger partial charge on any atom is -0.478 e. The van der Waals surface area contributed by atoms with Crippen molar-refractivity contribution >= 4 is 11.7 Å². The fourth-order valence-corrected chi connectivity index (χ4v) is 1.90. The minimum absolute atomic E-state index is 0.00991. The van der Waals surface area contributed by atoms with Crippen LogP contribution in [0.15, 0.2) is 12.1 Å². The van der Waals surface area contributed by atoms with Crippen molar-refractivity contribution in [3.8, 4) is 0 Å². The molecule has 1 fully saturated rings. The lowest BCUT2D eigenvalue weighted by molar-refractivity contribution is 0.0692. The second-order valence-electron chi connectivity index (χ2n) is 4.18. The van der Waals surface area contributed by atoms with Gasteiger partial charge in [0.05, 0.1) is 17.9 Å². The number of aromatic carboxylic acids is 1. The van der Waals surface area contributed by atoms with Gasteiger partial charge in [-0.25, -0.2) is 13.6 Å². The molecule has 6 heteroatoms. The molecule has 0 bridgehead atoms. The molecule has 1 saturated heterocycles. The standard InChI is InChI=1S/C12H13F2NO3/c13-9-5-10(14)11(4-8(9)12(16)17)15-7-2-1-3-18-6-7/h4-5,7,15H,1-3,6H2,(H,16,17). The third-order valence-electron chi connectivity index (χ3n) is 2.81. The maximum absolute atomic E-state index is 13.5. The number of hydrogen-bond acceptors (Lipinski definition) is 3. The Morgan fingerprint density at radius 2 is 2.17 bits per heavy atom. The molecule has 18 heavy (non-hydrogen) atoms. The van der Waals surface area contributed by atoms with Gasteiger partial charge < -0.3 is 15.2 Å². The molecule has 1 aromatic rings. The van der Waals surface area contributed by atoms with Crippen molar-refractivity contribution in [1.82, 2.24) is 0 Å². The highest BCUT2D eigenvalue weighted by Gasteiger charge is 2.19. The van der Waals surface area contributed by atoms with Crippen molar-refractivity contribution in [2.75, 3.05) is 18.5 Å². The monoisotopic (exact) mass is 257 g/mol. The lowest BCUT2D eigenvalue weighted by Gasteiger charge is -2.24. The first-order valence-electron chi connectivity index (χ1n) is 5.64. The van der Waals surface area contributed by atoms with E-state index in [1.54, 1.807) is 0 Å². The molecule has 0 saturated carbocycles. The molecule has 1 aromatic carbocycles. The predicted molar refractivity (Wildman–Crippen MR) is 60.8 cm³/mol. The number of rotatable bonds is 3. The Hall–Kier alpha value is -1.69. The van der Waals surface area contributed by atoms with E-state index < -0.39 is 23.2 Å². The third-order valence-corrected chi connectivity index (χ3v) is 2.81. The van der Waals surface area contributed by atoms with Crippen molar-refractivity contribution in [3.05, 3.63) is 29.3 Å². The number of benzene rings is 1. The summed E-state index contributed by atoms with van der Waals surface area (Å²) in [7, 11) is 0. The Labute approximate surface area is 103 Å². The third kappa shape index (κ3) is 2.76. The predicted octanol–water partition coefficient (Wildman–Crippen LogP) is 2.25. The average molecular weight is 257 g/mol. The SMILES string of the molecule is O=C(O)c1cc(NC2CCCOC2)c(F)cc1F. The molecule has 2 rings (SSSR count). The van der Waals surface area contributed by atoms with Crippen molar-refractivity contribution in [1.29, 1.82) is 0 Å². The van der Waals surface area contributed by atoms with Crippen molar-refractivity contribution in [2.24, 2.45) is 0 Å². The number of carboxylic acids is 1. The summed E-state index contributed by atoms with van der Waals surface area (Å²) < 4.78 is 31.9. The Morgan fingerprint density at radius 1 is 1.39 bits per heavy atom. The van der Waals surface area contributed by atoms with Gasteiger partial charge >= 0.3 is 5.97 Å². The van der Waals surface area contributed by atoms with Gasteiger partial charge in [0.1, 0.15) is 11.6 Å². The molecule has 0 aliphatic carbocycles. The molecule has 1 unspecified atom stereocenters. The summed E-state index contributed by atoms with van der Waals surface area (Å²) in [6, 6.07) is 1.47. The topological polar surface area (TPSA) is 58.6 Å². The van der Waals surface area contributed by atoms with Gasteiger partial charge in [-0.3, -0.25) is 0 Å². The van der Waals surface area contributed by atoms with Gasteiger partial charge in [-0.2, -0.15) is 0 Å². The van der Waals surface area contributed by atoms with E-state index >= 15 is 0 Å². The Kier molecular flexibility index (Phi) is 3.76. The largest absolute Gasteiger partial charge is 0.478 e. The van der Waals surface area contributed by atoms with Gasteiger partial charge in [0, 0.05) is 18.7 Å². The Balaban J connectivity index is 2.21. The van der Waals surface area contributed by atoms with Gasteiger partial charge in [-0.1, -0.05) is 0 Å². The summed E-state index contributed by atoms with van der Waals surface area (Å²) in [6.07, 6.45) is 1.66. The molecule has 0 amide bonds. The first-order valence-corrected chi connectivity index (χ1v) is 5.64. The van der Waals surface area contributed by atoms with Crippen molar-refractivity contribution in [3.63, 3.8) is 0 Å². The van der Waals surface area contributed by atoms with E-state index in [-0.39, 0.29) is 11.7 Å². The van der Waals surface area contributed by atoms with Crippen LogP contribution in [0.3, 0.4) is 0 Å². The van der Waals surface area contributed by atoms with Gasteiger partial charge in [-0.05, 0) is 18.9 Å². The summed E-state index contributed by atoms with van der Waals surface area (Å²) in [4.78, 5) is 10.8. The molecule has 1 aliphatic rings. The number of nitrogens with one attached hydrogen (secondary N) is 1. The van der Waals surface area contributed by atoms with Crippen LogP contribution in [0.2, 0.25) is 0 Å². The highest BCUT2D eigenvalue weighted by atomic mass is 19.1. The number of anilines is 1. The molecule has 98 valence electrons. The van der Waals surface area contributed by atoms with E-state index in [0.29, 0.717) is 19.3 Å². The van der Waals surface area contributed by atoms with E-state index in [9.17, 15) is 13.6 Å². The lowest BCUT2D eigenvalue weighted by Crippen LogP contribution is -2.30. The van der Waals surface area contributed by atoms with Crippen LogP contribution >= 0.6 is 0 Å². The van der Waals surface area contributed by atoms with Gasteiger partial charge in [0.15, 0.2) is 0 Å². The number of carbonyl (C=O) groups is 1. The highest BCUT2D eigenvalue weighted by molar-refractivity contribution is 5.89. The van der Waals surface area contributed by atoms with E-state index in [1.165, 1.54) is 0 Å². The first kappa shape index (κ1) is 12.8. The Bertz CT molecular complexity index is 459. The highest BCUT2D eigenvalue weighted by Crippen LogP contribution is 2.22. The average Bonchev–Trinajstić information content (AvgIpc) is 2.33. The fourth-order valence-electron chi connectivity index (χ4n) is 1.90. The van der Waals surface area contributed by atoms with E-state index in [2.05, 4.69) is 5.32 Å². The molecule has 1 heterocycles. The van der Waals surface area contributed by atoms with E-state index in [0.717, 1.165) is 18.9 Å². The molecular formula is C12H13F2NO3. The molecule has 2 N–H and O–H groups in total. The van der Waals surface area contributed by atoms with Crippen LogP contribution in [-0.2, 0) is 4.74 Å². The zero-order valence-corrected chi connectivity index (χ0v) is 9.58. The van der Waals surface area contributed by atoms with Crippen LogP contribution in [-0.4, -0.2) is 30.3 Å². The zero-order chi connectivity index (χ0) is 13.1. The fraction of sp³-hybridized carbons (Fsp3) is 0.417. The molecule has 1 atom stereocenters. The smallest absolute Gasteiger partial charge is 0.338 e. The summed E-state index contributed by atoms with van der Waals surface area (Å²) >= 11 is 0. The molecule has 0 radical (unpaired) electrons. The Morgan fingerprint density at radius 3 is 2.78 bits per heavy atom.